The molecule has 1 saturated heterocycles. The molecule has 0 radical (unpaired) electrons. The molecule has 1 aromatic rings. The molecule has 1 aromatic carbocycles. The summed E-state index contributed by atoms with van der Waals surface area (Å²) in [5.74, 6) is 0.0685. The van der Waals surface area contributed by atoms with Gasteiger partial charge in [-0.3, -0.25) is 4.79 Å². The van der Waals surface area contributed by atoms with Crippen LogP contribution >= 0.6 is 12.4 Å². The zero-order valence-electron chi connectivity index (χ0n) is 11.9. The van der Waals surface area contributed by atoms with Crippen molar-refractivity contribution in [1.82, 2.24) is 10.2 Å². The van der Waals surface area contributed by atoms with Crippen molar-refractivity contribution in [3.8, 4) is 0 Å². The molecule has 3 nitrogen and oxygen atoms in total. The molecule has 2 atom stereocenters. The van der Waals surface area contributed by atoms with E-state index in [1.54, 1.807) is 12.1 Å². The lowest BCUT2D eigenvalue weighted by atomic mass is 9.96. The first-order valence-corrected chi connectivity index (χ1v) is 6.83. The summed E-state index contributed by atoms with van der Waals surface area (Å²) in [5, 5.41) is 3.28. The van der Waals surface area contributed by atoms with Crippen LogP contribution in [-0.4, -0.2) is 36.5 Å². The van der Waals surface area contributed by atoms with Crippen LogP contribution in [0.15, 0.2) is 24.3 Å². The van der Waals surface area contributed by atoms with Crippen LogP contribution in [0.5, 0.6) is 0 Å². The van der Waals surface area contributed by atoms with Gasteiger partial charge in [0.15, 0.2) is 0 Å². The second-order valence-corrected chi connectivity index (χ2v) is 5.30. The zero-order valence-corrected chi connectivity index (χ0v) is 12.8. The molecule has 0 aromatic heterocycles. The number of hydrogen-bond acceptors (Lipinski definition) is 2. The molecule has 0 bridgehead atoms. The topological polar surface area (TPSA) is 32.3 Å². The fourth-order valence-corrected chi connectivity index (χ4v) is 2.50. The van der Waals surface area contributed by atoms with E-state index in [1.165, 1.54) is 12.1 Å². The first-order chi connectivity index (χ1) is 9.08. The van der Waals surface area contributed by atoms with Gasteiger partial charge in [-0.25, -0.2) is 4.39 Å². The third-order valence-electron chi connectivity index (χ3n) is 3.74. The van der Waals surface area contributed by atoms with Gasteiger partial charge in [0.05, 0.1) is 0 Å². The van der Waals surface area contributed by atoms with E-state index >= 15 is 0 Å². The van der Waals surface area contributed by atoms with E-state index in [0.29, 0.717) is 6.42 Å². The molecule has 1 heterocycles. The first kappa shape index (κ1) is 16.9. The van der Waals surface area contributed by atoms with Gasteiger partial charge in [-0.1, -0.05) is 19.1 Å². The molecular weight excluding hydrogens is 279 g/mol. The van der Waals surface area contributed by atoms with Crippen molar-refractivity contribution in [2.75, 3.05) is 19.6 Å². The molecule has 1 aliphatic rings. The van der Waals surface area contributed by atoms with Crippen molar-refractivity contribution >= 4 is 18.3 Å². The van der Waals surface area contributed by atoms with E-state index in [1.807, 2.05) is 11.8 Å². The normalized spacial score (nSPS) is 20.1. The molecule has 1 N–H and O–H groups in total. The maximum atomic E-state index is 12.9. The highest BCUT2D eigenvalue weighted by Crippen LogP contribution is 2.21. The number of nitrogens with zero attached hydrogens (tertiary/aromatic N) is 1. The second kappa shape index (κ2) is 7.60. The maximum Gasteiger partial charge on any atom is 0.223 e. The number of rotatable bonds is 3. The molecule has 1 unspecified atom stereocenters. The fraction of sp³-hybridized carbons (Fsp3) is 0.533. The molecule has 2 rings (SSSR count). The molecule has 1 fully saturated rings. The Morgan fingerprint density at radius 1 is 1.45 bits per heavy atom. The third-order valence-corrected chi connectivity index (χ3v) is 3.74. The number of amides is 1. The van der Waals surface area contributed by atoms with Crippen LogP contribution < -0.4 is 5.32 Å². The van der Waals surface area contributed by atoms with Crippen molar-refractivity contribution in [1.29, 1.82) is 0 Å². The molecular formula is C15H22ClFN2O. The minimum absolute atomic E-state index is 0. The molecule has 1 aliphatic heterocycles. The Kier molecular flexibility index (Phi) is 6.43. The van der Waals surface area contributed by atoms with Gasteiger partial charge in [0.1, 0.15) is 5.82 Å². The summed E-state index contributed by atoms with van der Waals surface area (Å²) in [5.41, 5.74) is 1.01. The monoisotopic (exact) mass is 300 g/mol. The van der Waals surface area contributed by atoms with Gasteiger partial charge in [-0.15, -0.1) is 12.4 Å². The molecule has 5 heteroatoms. The van der Waals surface area contributed by atoms with Crippen LogP contribution in [0.1, 0.15) is 31.7 Å². The lowest BCUT2D eigenvalue weighted by molar-refractivity contribution is -0.134. The Morgan fingerprint density at radius 2 is 2.10 bits per heavy atom. The van der Waals surface area contributed by atoms with Crippen LogP contribution in [0.2, 0.25) is 0 Å². The van der Waals surface area contributed by atoms with Crippen molar-refractivity contribution in [2.24, 2.45) is 0 Å². The number of carbonyl (C=O) groups is 1. The summed E-state index contributed by atoms with van der Waals surface area (Å²) in [6, 6.07) is 6.66. The summed E-state index contributed by atoms with van der Waals surface area (Å²) in [6.45, 7) is 6.57. The number of carbonyl (C=O) groups excluding carboxylic acids is 1. The summed E-state index contributed by atoms with van der Waals surface area (Å²) >= 11 is 0. The van der Waals surface area contributed by atoms with E-state index in [9.17, 15) is 9.18 Å². The standard InChI is InChI=1S/C15H21FN2O.ClH/c1-11(13-3-5-14(16)6-4-13)9-15(19)18-8-7-17-10-12(18)2;/h3-6,11-12,17H,7-10H2,1-2H3;1H/t11?,12-;/m0./s1. The highest BCUT2D eigenvalue weighted by Gasteiger charge is 2.24. The van der Waals surface area contributed by atoms with Crippen LogP contribution in [0.3, 0.4) is 0 Å². The SMILES string of the molecule is CC(CC(=O)N1CCNC[C@@H]1C)c1ccc(F)cc1.Cl. The predicted molar refractivity (Wildman–Crippen MR) is 80.7 cm³/mol. The van der Waals surface area contributed by atoms with Crippen molar-refractivity contribution in [2.45, 2.75) is 32.2 Å². The first-order valence-electron chi connectivity index (χ1n) is 6.83. The van der Waals surface area contributed by atoms with Gasteiger partial charge in [0.25, 0.3) is 0 Å². The zero-order chi connectivity index (χ0) is 13.8. The van der Waals surface area contributed by atoms with Crippen molar-refractivity contribution < 1.29 is 9.18 Å². The van der Waals surface area contributed by atoms with E-state index in [-0.39, 0.29) is 36.1 Å². The van der Waals surface area contributed by atoms with Gasteiger partial charge in [-0.05, 0) is 30.5 Å². The molecule has 0 spiro atoms. The molecule has 0 saturated carbocycles. The quantitative estimate of drug-likeness (QED) is 0.930. The van der Waals surface area contributed by atoms with Crippen molar-refractivity contribution in [3.63, 3.8) is 0 Å². The Bertz CT molecular complexity index is 438. The number of nitrogens with one attached hydrogen (secondary N) is 1. The van der Waals surface area contributed by atoms with Crippen LogP contribution in [0, 0.1) is 5.82 Å². The van der Waals surface area contributed by atoms with Crippen LogP contribution in [0.4, 0.5) is 4.39 Å². The average Bonchev–Trinajstić information content (AvgIpc) is 2.39. The Balaban J connectivity index is 0.00000200. The average molecular weight is 301 g/mol. The minimum Gasteiger partial charge on any atom is -0.337 e. The summed E-state index contributed by atoms with van der Waals surface area (Å²) < 4.78 is 12.9. The molecule has 1 amide bonds. The van der Waals surface area contributed by atoms with E-state index in [4.69, 9.17) is 0 Å². The van der Waals surface area contributed by atoms with Crippen LogP contribution in [-0.2, 0) is 4.79 Å². The smallest absolute Gasteiger partial charge is 0.223 e. The number of benzene rings is 1. The van der Waals surface area contributed by atoms with Gasteiger partial charge in [0.2, 0.25) is 5.91 Å². The van der Waals surface area contributed by atoms with Crippen LogP contribution in [0.25, 0.3) is 0 Å². The Labute approximate surface area is 125 Å². The second-order valence-electron chi connectivity index (χ2n) is 5.30. The summed E-state index contributed by atoms with van der Waals surface area (Å²) in [6.07, 6.45) is 0.482. The lowest BCUT2D eigenvalue weighted by Gasteiger charge is -2.34. The fourth-order valence-electron chi connectivity index (χ4n) is 2.50. The Hall–Kier alpha value is -1.13. The molecule has 112 valence electrons. The number of piperazine rings is 1. The largest absolute Gasteiger partial charge is 0.337 e. The van der Waals surface area contributed by atoms with Gasteiger partial charge in [-0.2, -0.15) is 0 Å². The minimum atomic E-state index is -0.238. The number of hydrogen-bond donors (Lipinski definition) is 1. The van der Waals surface area contributed by atoms with E-state index in [0.717, 1.165) is 25.2 Å². The summed E-state index contributed by atoms with van der Waals surface area (Å²) in [4.78, 5) is 14.2. The molecule has 20 heavy (non-hydrogen) atoms. The van der Waals surface area contributed by atoms with Gasteiger partial charge < -0.3 is 10.2 Å². The molecule has 0 aliphatic carbocycles. The Morgan fingerprint density at radius 3 is 2.70 bits per heavy atom. The maximum absolute atomic E-state index is 12.9. The van der Waals surface area contributed by atoms with Gasteiger partial charge in [0, 0.05) is 32.1 Å². The third kappa shape index (κ3) is 4.18. The number of halogens is 2. The van der Waals surface area contributed by atoms with Crippen molar-refractivity contribution in [3.05, 3.63) is 35.6 Å². The highest BCUT2D eigenvalue weighted by atomic mass is 35.5. The predicted octanol–water partition coefficient (Wildman–Crippen LogP) is 2.56. The lowest BCUT2D eigenvalue weighted by Crippen LogP contribution is -2.52. The summed E-state index contributed by atoms with van der Waals surface area (Å²) in [7, 11) is 0. The highest BCUT2D eigenvalue weighted by molar-refractivity contribution is 5.85. The van der Waals surface area contributed by atoms with E-state index < -0.39 is 0 Å². The van der Waals surface area contributed by atoms with E-state index in [2.05, 4.69) is 12.2 Å². The van der Waals surface area contributed by atoms with Gasteiger partial charge >= 0.3 is 0 Å².